The zero-order valence-corrected chi connectivity index (χ0v) is 18.1. The number of rotatable bonds is 6. The van der Waals surface area contributed by atoms with Gasteiger partial charge in [-0.3, -0.25) is 4.79 Å². The van der Waals surface area contributed by atoms with Gasteiger partial charge in [-0.05, 0) is 38.0 Å². The molecule has 1 amide bonds. The predicted molar refractivity (Wildman–Crippen MR) is 112 cm³/mol. The molecule has 0 saturated carbocycles. The van der Waals surface area contributed by atoms with Crippen molar-refractivity contribution in [1.29, 1.82) is 0 Å². The van der Waals surface area contributed by atoms with Crippen molar-refractivity contribution in [3.8, 4) is 0 Å². The molecule has 0 aliphatic carbocycles. The second-order valence-electron chi connectivity index (χ2n) is 5.83. The van der Waals surface area contributed by atoms with Crippen LogP contribution in [0.15, 0.2) is 29.3 Å². The van der Waals surface area contributed by atoms with E-state index >= 15 is 0 Å². The third-order valence-electron chi connectivity index (χ3n) is 3.57. The molecule has 136 valence electrons. The number of hydrogen-bond acceptors (Lipinski definition) is 2. The summed E-state index contributed by atoms with van der Waals surface area (Å²) in [6.07, 6.45) is 0.966. The van der Waals surface area contributed by atoms with Crippen molar-refractivity contribution < 1.29 is 4.79 Å². The van der Waals surface area contributed by atoms with Crippen molar-refractivity contribution in [2.45, 2.75) is 39.3 Å². The Morgan fingerprint density at radius 2 is 1.96 bits per heavy atom. The first-order valence-electron chi connectivity index (χ1n) is 7.86. The number of nitrogens with zero attached hydrogens (tertiary/aromatic N) is 2. The molecule has 2 unspecified atom stereocenters. The fourth-order valence-corrected chi connectivity index (χ4v) is 2.02. The number of amides is 1. The van der Waals surface area contributed by atoms with Crippen LogP contribution < -0.4 is 10.6 Å². The average Bonchev–Trinajstić information content (AvgIpc) is 2.51. The maximum Gasteiger partial charge on any atom is 0.243 e. The van der Waals surface area contributed by atoms with Gasteiger partial charge in [0.05, 0.1) is 6.04 Å². The number of guanidine groups is 1. The zero-order chi connectivity index (χ0) is 17.4. The van der Waals surface area contributed by atoms with Crippen molar-refractivity contribution in [2.75, 3.05) is 20.6 Å². The Hall–Kier alpha value is -1.02. The van der Waals surface area contributed by atoms with Gasteiger partial charge in [0.1, 0.15) is 6.54 Å². The molecule has 1 aromatic rings. The standard InChI is InChI=1S/C17H27ClN4O.HI/c1-6-12(2)20-17(19-11-16(23)22(4)5)21-13(3)14-8-7-9-15(18)10-14;/h7-10,12-13H,6,11H2,1-5H3,(H2,19,20,21);1H. The molecule has 0 bridgehead atoms. The molecule has 7 heteroatoms. The third kappa shape index (κ3) is 8.19. The van der Waals surface area contributed by atoms with Crippen LogP contribution in [0.1, 0.15) is 38.8 Å². The highest BCUT2D eigenvalue weighted by atomic mass is 127. The smallest absolute Gasteiger partial charge is 0.243 e. The molecule has 0 aliphatic rings. The summed E-state index contributed by atoms with van der Waals surface area (Å²) in [5, 5.41) is 7.34. The van der Waals surface area contributed by atoms with Crippen molar-refractivity contribution in [1.82, 2.24) is 15.5 Å². The number of nitrogens with one attached hydrogen (secondary N) is 2. The molecule has 1 rings (SSSR count). The summed E-state index contributed by atoms with van der Waals surface area (Å²) in [6.45, 7) is 6.32. The first-order chi connectivity index (χ1) is 10.8. The quantitative estimate of drug-likeness (QED) is 0.384. The Kier molecular flexibility index (Phi) is 11.0. The first kappa shape index (κ1) is 23.0. The molecule has 0 heterocycles. The van der Waals surface area contributed by atoms with E-state index in [4.69, 9.17) is 11.6 Å². The summed E-state index contributed by atoms with van der Waals surface area (Å²) >= 11 is 6.05. The zero-order valence-electron chi connectivity index (χ0n) is 15.0. The number of benzene rings is 1. The largest absolute Gasteiger partial charge is 0.354 e. The monoisotopic (exact) mass is 466 g/mol. The number of hydrogen-bond donors (Lipinski definition) is 2. The predicted octanol–water partition coefficient (Wildman–Crippen LogP) is 3.44. The SMILES string of the molecule is CCC(C)NC(=NCC(=O)N(C)C)NC(C)c1cccc(Cl)c1.I. The van der Waals surface area contributed by atoms with Crippen molar-refractivity contribution in [3.63, 3.8) is 0 Å². The topological polar surface area (TPSA) is 56.7 Å². The lowest BCUT2D eigenvalue weighted by Gasteiger charge is -2.22. The lowest BCUT2D eigenvalue weighted by atomic mass is 10.1. The molecule has 24 heavy (non-hydrogen) atoms. The Bertz CT molecular complexity index is 551. The van der Waals surface area contributed by atoms with Crippen LogP contribution in [0.3, 0.4) is 0 Å². The van der Waals surface area contributed by atoms with Crippen LogP contribution in [-0.2, 0) is 4.79 Å². The van der Waals surface area contributed by atoms with E-state index in [1.807, 2.05) is 31.2 Å². The molecule has 0 aromatic heterocycles. The minimum atomic E-state index is -0.0364. The number of aliphatic imine (C=N–C) groups is 1. The maximum atomic E-state index is 11.7. The summed E-state index contributed by atoms with van der Waals surface area (Å²) in [7, 11) is 3.45. The van der Waals surface area contributed by atoms with E-state index in [-0.39, 0.29) is 48.5 Å². The Balaban J connectivity index is 0.00000529. The Morgan fingerprint density at radius 1 is 1.29 bits per heavy atom. The van der Waals surface area contributed by atoms with Gasteiger partial charge >= 0.3 is 0 Å². The number of halogens is 2. The van der Waals surface area contributed by atoms with Gasteiger partial charge in [-0.1, -0.05) is 30.7 Å². The van der Waals surface area contributed by atoms with E-state index in [1.165, 1.54) is 4.90 Å². The van der Waals surface area contributed by atoms with E-state index in [1.54, 1.807) is 14.1 Å². The van der Waals surface area contributed by atoms with E-state index < -0.39 is 0 Å². The van der Waals surface area contributed by atoms with Gasteiger partial charge < -0.3 is 15.5 Å². The minimum absolute atomic E-state index is 0. The minimum Gasteiger partial charge on any atom is -0.354 e. The Morgan fingerprint density at radius 3 is 2.50 bits per heavy atom. The summed E-state index contributed by atoms with van der Waals surface area (Å²) in [5.41, 5.74) is 1.06. The van der Waals surface area contributed by atoms with E-state index in [0.29, 0.717) is 11.0 Å². The molecule has 0 fully saturated rings. The summed E-state index contributed by atoms with van der Waals surface area (Å²) in [6, 6.07) is 7.99. The fraction of sp³-hybridized carbons (Fsp3) is 0.529. The van der Waals surface area contributed by atoms with Crippen LogP contribution in [0.2, 0.25) is 5.02 Å². The summed E-state index contributed by atoms with van der Waals surface area (Å²) in [4.78, 5) is 17.7. The van der Waals surface area contributed by atoms with Crippen molar-refractivity contribution >= 4 is 47.4 Å². The highest BCUT2D eigenvalue weighted by Crippen LogP contribution is 2.17. The second kappa shape index (κ2) is 11.5. The van der Waals surface area contributed by atoms with Gasteiger partial charge in [0, 0.05) is 25.2 Å². The summed E-state index contributed by atoms with van der Waals surface area (Å²) < 4.78 is 0. The molecule has 2 atom stereocenters. The normalized spacial score (nSPS) is 13.5. The van der Waals surface area contributed by atoms with Crippen LogP contribution in [0.4, 0.5) is 0 Å². The fourth-order valence-electron chi connectivity index (χ4n) is 1.82. The molecule has 1 aromatic carbocycles. The van der Waals surface area contributed by atoms with Gasteiger partial charge in [-0.15, -0.1) is 24.0 Å². The van der Waals surface area contributed by atoms with Gasteiger partial charge in [0.25, 0.3) is 0 Å². The lowest BCUT2D eigenvalue weighted by molar-refractivity contribution is -0.127. The molecule has 0 saturated heterocycles. The van der Waals surface area contributed by atoms with E-state index in [2.05, 4.69) is 29.5 Å². The molecular weight excluding hydrogens is 439 g/mol. The third-order valence-corrected chi connectivity index (χ3v) is 3.80. The van der Waals surface area contributed by atoms with Crippen molar-refractivity contribution in [3.05, 3.63) is 34.9 Å². The summed E-state index contributed by atoms with van der Waals surface area (Å²) in [5.74, 6) is 0.590. The van der Waals surface area contributed by atoms with Crippen LogP contribution in [0.5, 0.6) is 0 Å². The average molecular weight is 467 g/mol. The van der Waals surface area contributed by atoms with Crippen LogP contribution in [0.25, 0.3) is 0 Å². The lowest BCUT2D eigenvalue weighted by Crippen LogP contribution is -2.43. The van der Waals surface area contributed by atoms with E-state index in [9.17, 15) is 4.79 Å². The van der Waals surface area contributed by atoms with Crippen LogP contribution >= 0.6 is 35.6 Å². The van der Waals surface area contributed by atoms with Crippen LogP contribution in [-0.4, -0.2) is 43.4 Å². The van der Waals surface area contributed by atoms with Crippen LogP contribution in [0, 0.1) is 0 Å². The highest BCUT2D eigenvalue weighted by molar-refractivity contribution is 14.0. The molecular formula is C17H28ClIN4O. The molecule has 0 radical (unpaired) electrons. The number of likely N-dealkylation sites (N-methyl/N-ethyl adjacent to an activating group) is 1. The van der Waals surface area contributed by atoms with Crippen molar-refractivity contribution in [2.24, 2.45) is 4.99 Å². The first-order valence-corrected chi connectivity index (χ1v) is 8.24. The Labute approximate surface area is 167 Å². The maximum absolute atomic E-state index is 11.7. The number of carbonyl (C=O) groups is 1. The second-order valence-corrected chi connectivity index (χ2v) is 6.26. The molecule has 5 nitrogen and oxygen atoms in total. The van der Waals surface area contributed by atoms with Gasteiger partial charge in [-0.2, -0.15) is 0 Å². The van der Waals surface area contributed by atoms with Gasteiger partial charge in [-0.25, -0.2) is 4.99 Å². The highest BCUT2D eigenvalue weighted by Gasteiger charge is 2.11. The van der Waals surface area contributed by atoms with Gasteiger partial charge in [0.2, 0.25) is 5.91 Å². The van der Waals surface area contributed by atoms with E-state index in [0.717, 1.165) is 12.0 Å². The number of carbonyl (C=O) groups excluding carboxylic acids is 1. The molecule has 2 N–H and O–H groups in total. The van der Waals surface area contributed by atoms with Gasteiger partial charge in [0.15, 0.2) is 5.96 Å². The molecule has 0 spiro atoms. The molecule has 0 aliphatic heterocycles.